The second-order valence-electron chi connectivity index (χ2n) is 10.5. The maximum absolute atomic E-state index is 13.4. The fourth-order valence-electron chi connectivity index (χ4n) is 7.74. The zero-order valence-electron chi connectivity index (χ0n) is 17.4. The number of hydrogen-bond donors (Lipinski definition) is 0. The van der Waals surface area contributed by atoms with Crippen LogP contribution in [0.2, 0.25) is 0 Å². The van der Waals surface area contributed by atoms with Gasteiger partial charge in [0.1, 0.15) is 5.78 Å². The van der Waals surface area contributed by atoms with Gasteiger partial charge in [0.25, 0.3) is 0 Å². The zero-order chi connectivity index (χ0) is 19.0. The third-order valence-electron chi connectivity index (χ3n) is 8.77. The highest BCUT2D eigenvalue weighted by atomic mass is 16.7. The molecule has 2 spiro atoms. The van der Waals surface area contributed by atoms with Crippen LogP contribution in [0.3, 0.4) is 0 Å². The van der Waals surface area contributed by atoms with Gasteiger partial charge in [-0.05, 0) is 37.0 Å². The van der Waals surface area contributed by atoms with E-state index in [-0.39, 0.29) is 40.2 Å². The van der Waals surface area contributed by atoms with Crippen LogP contribution < -0.4 is 0 Å². The standard InChI is InChI=1S/C22H36O4/c1-14-17(23)15(2)22(20(5)9-7-8-19(3,4)18(14)20)11-10-21(26-22)12-16(24-6)25-13-21/h14-16,18H,7-13H2,1-6H3. The minimum atomic E-state index is -0.356. The van der Waals surface area contributed by atoms with Crippen molar-refractivity contribution < 1.29 is 19.0 Å². The van der Waals surface area contributed by atoms with E-state index < -0.39 is 0 Å². The van der Waals surface area contributed by atoms with Crippen molar-refractivity contribution in [2.45, 2.75) is 90.6 Å². The van der Waals surface area contributed by atoms with Crippen molar-refractivity contribution in [3.8, 4) is 0 Å². The van der Waals surface area contributed by atoms with E-state index in [1.54, 1.807) is 7.11 Å². The van der Waals surface area contributed by atoms with Crippen LogP contribution in [0.4, 0.5) is 0 Å². The van der Waals surface area contributed by atoms with E-state index in [1.165, 1.54) is 12.8 Å². The molecule has 2 aliphatic carbocycles. The molecule has 0 aromatic rings. The molecule has 0 bridgehead atoms. The molecule has 4 rings (SSSR count). The van der Waals surface area contributed by atoms with Gasteiger partial charge in [-0.15, -0.1) is 0 Å². The SMILES string of the molecule is COC1CC2(CCC3(O2)C(C)C(=O)C(C)C2C(C)(C)CCCC23C)CO1. The number of carbonyl (C=O) groups excluding carboxylic acids is 1. The Bertz CT molecular complexity index is 601. The maximum Gasteiger partial charge on any atom is 0.160 e. The molecule has 0 amide bonds. The first kappa shape index (κ1) is 18.9. The van der Waals surface area contributed by atoms with Crippen LogP contribution in [0, 0.1) is 28.6 Å². The predicted molar refractivity (Wildman–Crippen MR) is 99.7 cm³/mol. The van der Waals surface area contributed by atoms with E-state index in [4.69, 9.17) is 14.2 Å². The van der Waals surface area contributed by atoms with Crippen LogP contribution in [0.1, 0.15) is 73.1 Å². The summed E-state index contributed by atoms with van der Waals surface area (Å²) in [4.78, 5) is 13.4. The van der Waals surface area contributed by atoms with E-state index in [1.807, 2.05) is 0 Å². The van der Waals surface area contributed by atoms with Gasteiger partial charge in [-0.3, -0.25) is 4.79 Å². The van der Waals surface area contributed by atoms with Crippen LogP contribution in [-0.2, 0) is 19.0 Å². The predicted octanol–water partition coefficient (Wildman–Crippen LogP) is 4.35. The average Bonchev–Trinajstić information content (AvgIpc) is 3.16. The summed E-state index contributed by atoms with van der Waals surface area (Å²) >= 11 is 0. The minimum Gasteiger partial charge on any atom is -0.365 e. The smallest absolute Gasteiger partial charge is 0.160 e. The number of rotatable bonds is 1. The molecular formula is C22H36O4. The molecule has 2 aliphatic heterocycles. The van der Waals surface area contributed by atoms with Crippen molar-refractivity contribution in [2.75, 3.05) is 13.7 Å². The molecule has 26 heavy (non-hydrogen) atoms. The molecule has 7 atom stereocenters. The van der Waals surface area contributed by atoms with Gasteiger partial charge in [-0.1, -0.05) is 41.0 Å². The summed E-state index contributed by atoms with van der Waals surface area (Å²) in [6.45, 7) is 12.1. The van der Waals surface area contributed by atoms with E-state index in [0.29, 0.717) is 18.3 Å². The molecule has 0 aromatic carbocycles. The molecule has 0 N–H and O–H groups in total. The van der Waals surface area contributed by atoms with Crippen molar-refractivity contribution in [3.05, 3.63) is 0 Å². The lowest BCUT2D eigenvalue weighted by atomic mass is 9.41. The normalized spacial score (nSPS) is 53.4. The summed E-state index contributed by atoms with van der Waals surface area (Å²) in [5.74, 6) is 0.848. The average molecular weight is 365 g/mol. The topological polar surface area (TPSA) is 44.8 Å². The molecular weight excluding hydrogens is 328 g/mol. The highest BCUT2D eigenvalue weighted by Gasteiger charge is 2.71. The molecule has 7 unspecified atom stereocenters. The lowest BCUT2D eigenvalue weighted by Gasteiger charge is -2.65. The van der Waals surface area contributed by atoms with Gasteiger partial charge in [0, 0.05) is 30.8 Å². The third kappa shape index (κ3) is 2.28. The van der Waals surface area contributed by atoms with Gasteiger partial charge in [-0.25, -0.2) is 0 Å². The van der Waals surface area contributed by atoms with Crippen LogP contribution in [0.25, 0.3) is 0 Å². The van der Waals surface area contributed by atoms with Gasteiger partial charge in [-0.2, -0.15) is 0 Å². The number of methoxy groups -OCH3 is 1. The molecule has 0 aromatic heterocycles. The second kappa shape index (κ2) is 5.78. The summed E-state index contributed by atoms with van der Waals surface area (Å²) in [6.07, 6.45) is 6.14. The Labute approximate surface area is 158 Å². The van der Waals surface area contributed by atoms with E-state index >= 15 is 0 Å². The van der Waals surface area contributed by atoms with Crippen molar-refractivity contribution in [3.63, 3.8) is 0 Å². The highest BCUT2D eigenvalue weighted by Crippen LogP contribution is 2.68. The Morgan fingerprint density at radius 3 is 2.46 bits per heavy atom. The van der Waals surface area contributed by atoms with Gasteiger partial charge >= 0.3 is 0 Å². The Balaban J connectivity index is 1.76. The molecule has 4 nitrogen and oxygen atoms in total. The lowest BCUT2D eigenvalue weighted by Crippen LogP contribution is -2.68. The Morgan fingerprint density at radius 1 is 1.08 bits per heavy atom. The molecule has 4 heteroatoms. The molecule has 2 saturated heterocycles. The fraction of sp³-hybridized carbons (Fsp3) is 0.955. The summed E-state index contributed by atoms with van der Waals surface area (Å²) in [6, 6.07) is 0. The van der Waals surface area contributed by atoms with E-state index in [9.17, 15) is 4.79 Å². The van der Waals surface area contributed by atoms with Gasteiger partial charge in [0.15, 0.2) is 6.29 Å². The molecule has 2 saturated carbocycles. The first-order valence-electron chi connectivity index (χ1n) is 10.5. The summed E-state index contributed by atoms with van der Waals surface area (Å²) < 4.78 is 18.3. The zero-order valence-corrected chi connectivity index (χ0v) is 17.4. The van der Waals surface area contributed by atoms with Crippen LogP contribution in [0.5, 0.6) is 0 Å². The Hall–Kier alpha value is -0.450. The first-order chi connectivity index (χ1) is 12.1. The number of Topliss-reactive ketones (excluding diaryl/α,β-unsaturated/α-hetero) is 1. The number of ether oxygens (including phenoxy) is 3. The molecule has 4 aliphatic rings. The lowest BCUT2D eigenvalue weighted by molar-refractivity contribution is -0.248. The number of hydrogen-bond acceptors (Lipinski definition) is 4. The Kier molecular flexibility index (Phi) is 4.20. The summed E-state index contributed by atoms with van der Waals surface area (Å²) in [5, 5.41) is 0. The van der Waals surface area contributed by atoms with Crippen LogP contribution in [0.15, 0.2) is 0 Å². The molecule has 0 radical (unpaired) electrons. The molecule has 148 valence electrons. The quantitative estimate of drug-likeness (QED) is 0.694. The van der Waals surface area contributed by atoms with Gasteiger partial charge < -0.3 is 14.2 Å². The fourth-order valence-corrected chi connectivity index (χ4v) is 7.74. The third-order valence-corrected chi connectivity index (χ3v) is 8.77. The van der Waals surface area contributed by atoms with Crippen molar-refractivity contribution >= 4 is 5.78 Å². The first-order valence-corrected chi connectivity index (χ1v) is 10.5. The largest absolute Gasteiger partial charge is 0.365 e. The van der Waals surface area contributed by atoms with E-state index in [2.05, 4.69) is 34.6 Å². The van der Waals surface area contributed by atoms with Crippen LogP contribution >= 0.6 is 0 Å². The van der Waals surface area contributed by atoms with Gasteiger partial charge in [0.05, 0.1) is 17.8 Å². The van der Waals surface area contributed by atoms with Crippen molar-refractivity contribution in [1.29, 1.82) is 0 Å². The van der Waals surface area contributed by atoms with E-state index in [0.717, 1.165) is 25.7 Å². The highest BCUT2D eigenvalue weighted by molar-refractivity contribution is 5.86. The summed E-state index contributed by atoms with van der Waals surface area (Å²) in [7, 11) is 1.70. The number of ketones is 1. The maximum atomic E-state index is 13.4. The molecule has 2 heterocycles. The monoisotopic (exact) mass is 364 g/mol. The van der Waals surface area contributed by atoms with Gasteiger partial charge in [0.2, 0.25) is 0 Å². The number of fused-ring (bicyclic) bond motifs is 2. The Morgan fingerprint density at radius 2 is 1.81 bits per heavy atom. The minimum absolute atomic E-state index is 0.0378. The summed E-state index contributed by atoms with van der Waals surface area (Å²) in [5.41, 5.74) is -0.415. The molecule has 4 fully saturated rings. The van der Waals surface area contributed by atoms with Crippen molar-refractivity contribution in [2.24, 2.45) is 28.6 Å². The number of carbonyl (C=O) groups is 1. The van der Waals surface area contributed by atoms with Crippen LogP contribution in [-0.4, -0.2) is 37.0 Å². The second-order valence-corrected chi connectivity index (χ2v) is 10.5. The van der Waals surface area contributed by atoms with Crippen molar-refractivity contribution in [1.82, 2.24) is 0 Å².